The van der Waals surface area contributed by atoms with Gasteiger partial charge < -0.3 is 16.3 Å². The SMILES string of the molecule is CC(NC(=O)c1sccc1Cl)/C(N)=N/O. The smallest absolute Gasteiger partial charge is 0.263 e. The molecule has 0 aliphatic heterocycles. The first kappa shape index (κ1) is 11.8. The molecule has 1 amide bonds. The second kappa shape index (κ2) is 4.99. The van der Waals surface area contributed by atoms with Crippen molar-refractivity contribution in [2.24, 2.45) is 10.9 Å². The average molecular weight is 248 g/mol. The highest BCUT2D eigenvalue weighted by molar-refractivity contribution is 7.12. The van der Waals surface area contributed by atoms with Gasteiger partial charge in [0, 0.05) is 0 Å². The van der Waals surface area contributed by atoms with E-state index in [1.165, 1.54) is 11.3 Å². The van der Waals surface area contributed by atoms with Gasteiger partial charge in [-0.2, -0.15) is 0 Å². The Kier molecular flexibility index (Phi) is 3.93. The molecule has 1 atom stereocenters. The molecule has 15 heavy (non-hydrogen) atoms. The van der Waals surface area contributed by atoms with Gasteiger partial charge >= 0.3 is 0 Å². The first-order valence-electron chi connectivity index (χ1n) is 4.07. The standard InChI is InChI=1S/C8H10ClN3O2S/c1-4(7(10)12-14)11-8(13)6-5(9)2-3-15-6/h2-4,14H,1H3,(H2,10,12)(H,11,13). The van der Waals surface area contributed by atoms with E-state index in [4.69, 9.17) is 22.5 Å². The zero-order valence-electron chi connectivity index (χ0n) is 7.90. The fourth-order valence-corrected chi connectivity index (χ4v) is 1.92. The summed E-state index contributed by atoms with van der Waals surface area (Å²) in [5.74, 6) is -0.398. The van der Waals surface area contributed by atoms with Crippen molar-refractivity contribution in [3.8, 4) is 0 Å². The Morgan fingerprint density at radius 3 is 2.93 bits per heavy atom. The monoisotopic (exact) mass is 247 g/mol. The molecule has 0 fully saturated rings. The van der Waals surface area contributed by atoms with Crippen LogP contribution in [0.5, 0.6) is 0 Å². The second-order valence-corrected chi connectivity index (χ2v) is 4.14. The highest BCUT2D eigenvalue weighted by atomic mass is 35.5. The minimum absolute atomic E-state index is 0.0592. The number of amides is 1. The number of thiophene rings is 1. The van der Waals surface area contributed by atoms with Gasteiger partial charge in [0.05, 0.1) is 11.1 Å². The minimum atomic E-state index is -0.541. The third-order valence-corrected chi connectivity index (χ3v) is 3.07. The van der Waals surface area contributed by atoms with Crippen molar-refractivity contribution in [2.45, 2.75) is 13.0 Å². The van der Waals surface area contributed by atoms with Crippen LogP contribution in [0.3, 0.4) is 0 Å². The maximum Gasteiger partial charge on any atom is 0.263 e. The number of hydrogen-bond donors (Lipinski definition) is 3. The van der Waals surface area contributed by atoms with Gasteiger partial charge in [-0.1, -0.05) is 16.8 Å². The molecule has 0 aliphatic carbocycles. The molecule has 0 radical (unpaired) electrons. The van der Waals surface area contributed by atoms with Crippen molar-refractivity contribution in [3.05, 3.63) is 21.3 Å². The Hall–Kier alpha value is -1.27. The van der Waals surface area contributed by atoms with E-state index in [0.717, 1.165) is 0 Å². The van der Waals surface area contributed by atoms with Crippen LogP contribution in [0.25, 0.3) is 0 Å². The topological polar surface area (TPSA) is 87.7 Å². The number of rotatable bonds is 3. The van der Waals surface area contributed by atoms with Crippen molar-refractivity contribution in [3.63, 3.8) is 0 Å². The molecule has 0 aliphatic rings. The molecule has 1 aromatic rings. The molecular weight excluding hydrogens is 238 g/mol. The largest absolute Gasteiger partial charge is 0.409 e. The molecule has 7 heteroatoms. The van der Waals surface area contributed by atoms with Gasteiger partial charge in [-0.3, -0.25) is 4.79 Å². The van der Waals surface area contributed by atoms with Crippen LogP contribution in [0.4, 0.5) is 0 Å². The molecule has 0 aromatic carbocycles. The summed E-state index contributed by atoms with van der Waals surface area (Å²) in [4.78, 5) is 12.0. The van der Waals surface area contributed by atoms with Crippen LogP contribution in [0, 0.1) is 0 Å². The van der Waals surface area contributed by atoms with Crippen LogP contribution >= 0.6 is 22.9 Å². The molecule has 0 saturated carbocycles. The van der Waals surface area contributed by atoms with Crippen LogP contribution in [-0.4, -0.2) is 23.0 Å². The van der Waals surface area contributed by atoms with Crippen molar-refractivity contribution in [2.75, 3.05) is 0 Å². The molecule has 0 bridgehead atoms. The lowest BCUT2D eigenvalue weighted by molar-refractivity contribution is 0.0953. The summed E-state index contributed by atoms with van der Waals surface area (Å²) in [6, 6.07) is 1.09. The second-order valence-electron chi connectivity index (χ2n) is 2.82. The highest BCUT2D eigenvalue weighted by Crippen LogP contribution is 2.21. The summed E-state index contributed by atoms with van der Waals surface area (Å²) >= 11 is 7.00. The van der Waals surface area contributed by atoms with E-state index in [9.17, 15) is 4.79 Å². The predicted molar refractivity (Wildman–Crippen MR) is 59.7 cm³/mol. The number of halogens is 1. The van der Waals surface area contributed by atoms with Gasteiger partial charge in [-0.25, -0.2) is 0 Å². The minimum Gasteiger partial charge on any atom is -0.409 e. The number of nitrogens with one attached hydrogen (secondary N) is 1. The maximum absolute atomic E-state index is 11.6. The number of carbonyl (C=O) groups is 1. The Morgan fingerprint density at radius 1 is 1.80 bits per heavy atom. The Morgan fingerprint density at radius 2 is 2.47 bits per heavy atom. The molecule has 5 nitrogen and oxygen atoms in total. The van der Waals surface area contributed by atoms with E-state index >= 15 is 0 Å². The van der Waals surface area contributed by atoms with E-state index in [1.807, 2.05) is 0 Å². The predicted octanol–water partition coefficient (Wildman–Crippen LogP) is 1.27. The van der Waals surface area contributed by atoms with Crippen LogP contribution in [0.1, 0.15) is 16.6 Å². The summed E-state index contributed by atoms with van der Waals surface area (Å²) in [6.07, 6.45) is 0. The molecule has 4 N–H and O–H groups in total. The van der Waals surface area contributed by atoms with E-state index in [1.54, 1.807) is 18.4 Å². The fraction of sp³-hybridized carbons (Fsp3) is 0.250. The highest BCUT2D eigenvalue weighted by Gasteiger charge is 2.16. The van der Waals surface area contributed by atoms with Crippen LogP contribution in [0.15, 0.2) is 16.6 Å². The number of carbonyl (C=O) groups excluding carboxylic acids is 1. The van der Waals surface area contributed by atoms with Gasteiger partial charge in [0.2, 0.25) is 0 Å². The lowest BCUT2D eigenvalue weighted by Gasteiger charge is -2.11. The van der Waals surface area contributed by atoms with Crippen molar-refractivity contribution in [1.29, 1.82) is 0 Å². The summed E-state index contributed by atoms with van der Waals surface area (Å²) in [7, 11) is 0. The molecule has 1 heterocycles. The van der Waals surface area contributed by atoms with E-state index in [0.29, 0.717) is 9.90 Å². The normalized spacial score (nSPS) is 13.6. The lowest BCUT2D eigenvalue weighted by atomic mass is 10.3. The Balaban J connectivity index is 2.69. The van der Waals surface area contributed by atoms with Crippen molar-refractivity contribution in [1.82, 2.24) is 5.32 Å². The maximum atomic E-state index is 11.6. The quantitative estimate of drug-likeness (QED) is 0.325. The van der Waals surface area contributed by atoms with E-state index in [-0.39, 0.29) is 11.7 Å². The first-order valence-corrected chi connectivity index (χ1v) is 5.33. The zero-order valence-corrected chi connectivity index (χ0v) is 9.47. The molecule has 1 unspecified atom stereocenters. The van der Waals surface area contributed by atoms with Crippen molar-refractivity contribution >= 4 is 34.7 Å². The molecule has 1 aromatic heterocycles. The van der Waals surface area contributed by atoms with Gasteiger partial charge in [0.15, 0.2) is 5.84 Å². The van der Waals surface area contributed by atoms with E-state index in [2.05, 4.69) is 10.5 Å². The fourth-order valence-electron chi connectivity index (χ4n) is 0.878. The molecule has 0 spiro atoms. The summed E-state index contributed by atoms with van der Waals surface area (Å²) in [5, 5.41) is 15.8. The van der Waals surface area contributed by atoms with Gasteiger partial charge in [0.1, 0.15) is 4.88 Å². The zero-order chi connectivity index (χ0) is 11.4. The molecule has 1 rings (SSSR count). The van der Waals surface area contributed by atoms with Crippen LogP contribution < -0.4 is 11.1 Å². The number of nitrogens with zero attached hydrogens (tertiary/aromatic N) is 1. The first-order chi connectivity index (χ1) is 7.06. The molecular formula is C8H10ClN3O2S. The summed E-state index contributed by atoms with van der Waals surface area (Å²) < 4.78 is 0. The number of nitrogens with two attached hydrogens (primary N) is 1. The number of oxime groups is 1. The van der Waals surface area contributed by atoms with E-state index < -0.39 is 6.04 Å². The summed E-state index contributed by atoms with van der Waals surface area (Å²) in [6.45, 7) is 1.61. The van der Waals surface area contributed by atoms with Gasteiger partial charge in [-0.05, 0) is 18.4 Å². The van der Waals surface area contributed by atoms with Crippen LogP contribution in [-0.2, 0) is 0 Å². The van der Waals surface area contributed by atoms with Crippen molar-refractivity contribution < 1.29 is 10.0 Å². The Bertz CT molecular complexity index is 391. The average Bonchev–Trinajstić information content (AvgIpc) is 2.63. The number of hydrogen-bond acceptors (Lipinski definition) is 4. The third-order valence-electron chi connectivity index (χ3n) is 1.73. The third kappa shape index (κ3) is 2.84. The Labute approximate surface area is 95.5 Å². The lowest BCUT2D eigenvalue weighted by Crippen LogP contribution is -2.42. The summed E-state index contributed by atoms with van der Waals surface area (Å²) in [5.41, 5.74) is 5.31. The van der Waals surface area contributed by atoms with Gasteiger partial charge in [0.25, 0.3) is 5.91 Å². The molecule has 0 saturated heterocycles. The van der Waals surface area contributed by atoms with Crippen LogP contribution in [0.2, 0.25) is 5.02 Å². The van der Waals surface area contributed by atoms with Gasteiger partial charge in [-0.15, -0.1) is 11.3 Å². The number of amidine groups is 1. The molecule has 82 valence electrons.